The molecule has 1 aliphatic rings. The number of likely N-dealkylation sites (N-methyl/N-ethyl adjacent to an activating group) is 1. The van der Waals surface area contributed by atoms with Gasteiger partial charge in [-0.25, -0.2) is 12.7 Å². The zero-order chi connectivity index (χ0) is 13.4. The van der Waals surface area contributed by atoms with Crippen LogP contribution in [-0.4, -0.2) is 57.9 Å². The minimum absolute atomic E-state index is 0.0894. The van der Waals surface area contributed by atoms with Gasteiger partial charge in [-0.3, -0.25) is 0 Å². The van der Waals surface area contributed by atoms with E-state index < -0.39 is 10.0 Å². The van der Waals surface area contributed by atoms with E-state index in [0.717, 1.165) is 39.0 Å². The van der Waals surface area contributed by atoms with E-state index in [1.54, 1.807) is 7.05 Å². The van der Waals surface area contributed by atoms with E-state index in [0.29, 0.717) is 13.0 Å². The number of hydrogen-bond donors (Lipinski definition) is 1. The Labute approximate surface area is 111 Å². The fourth-order valence-corrected chi connectivity index (χ4v) is 3.33. The molecule has 0 bridgehead atoms. The summed E-state index contributed by atoms with van der Waals surface area (Å²) in [5, 5.41) is 3.19. The van der Waals surface area contributed by atoms with Crippen molar-refractivity contribution >= 4 is 10.0 Å². The summed E-state index contributed by atoms with van der Waals surface area (Å²) in [4.78, 5) is 0. The van der Waals surface area contributed by atoms with E-state index in [4.69, 9.17) is 4.74 Å². The highest BCUT2D eigenvalue weighted by molar-refractivity contribution is 7.89. The van der Waals surface area contributed by atoms with Crippen molar-refractivity contribution in [1.82, 2.24) is 9.62 Å². The van der Waals surface area contributed by atoms with Crippen LogP contribution in [0, 0.1) is 0 Å². The molecule has 0 aromatic heterocycles. The number of nitrogens with zero attached hydrogens (tertiary/aromatic N) is 1. The van der Waals surface area contributed by atoms with Gasteiger partial charge in [-0.15, -0.1) is 0 Å². The molecule has 0 aromatic carbocycles. The Balaban J connectivity index is 2.23. The minimum Gasteiger partial charge on any atom is -0.377 e. The van der Waals surface area contributed by atoms with E-state index in [2.05, 4.69) is 5.32 Å². The predicted octanol–water partition coefficient (Wildman–Crippen LogP) is 0.817. The lowest BCUT2D eigenvalue weighted by atomic mass is 10.2. The molecule has 0 spiro atoms. The maximum Gasteiger partial charge on any atom is 0.213 e. The van der Waals surface area contributed by atoms with Crippen molar-refractivity contribution in [2.75, 3.05) is 39.0 Å². The van der Waals surface area contributed by atoms with Crippen molar-refractivity contribution < 1.29 is 13.2 Å². The summed E-state index contributed by atoms with van der Waals surface area (Å²) in [7, 11) is -1.46. The Morgan fingerprint density at radius 2 is 2.17 bits per heavy atom. The molecule has 1 fully saturated rings. The third-order valence-electron chi connectivity index (χ3n) is 3.22. The summed E-state index contributed by atoms with van der Waals surface area (Å²) < 4.78 is 30.9. The Kier molecular flexibility index (Phi) is 7.14. The Morgan fingerprint density at radius 3 is 2.78 bits per heavy atom. The molecule has 0 saturated carbocycles. The molecule has 1 saturated heterocycles. The van der Waals surface area contributed by atoms with Crippen LogP contribution >= 0.6 is 0 Å². The van der Waals surface area contributed by atoms with Gasteiger partial charge in [0.1, 0.15) is 0 Å². The molecule has 0 aromatic rings. The molecule has 0 radical (unpaired) electrons. The smallest absolute Gasteiger partial charge is 0.213 e. The van der Waals surface area contributed by atoms with Crippen LogP contribution in [0.15, 0.2) is 0 Å². The topological polar surface area (TPSA) is 58.6 Å². The molecule has 1 aliphatic heterocycles. The average molecular weight is 278 g/mol. The first-order valence-electron chi connectivity index (χ1n) is 6.82. The van der Waals surface area contributed by atoms with Crippen LogP contribution in [0.4, 0.5) is 0 Å². The first kappa shape index (κ1) is 15.9. The molecule has 0 aliphatic carbocycles. The van der Waals surface area contributed by atoms with Gasteiger partial charge in [0.25, 0.3) is 0 Å². The third kappa shape index (κ3) is 5.65. The van der Waals surface area contributed by atoms with E-state index in [9.17, 15) is 8.42 Å². The first-order valence-corrected chi connectivity index (χ1v) is 8.43. The zero-order valence-corrected chi connectivity index (χ0v) is 12.3. The SMILES string of the molecule is CCNCCCCS(=O)(=O)N(C)CC1CCCO1. The largest absolute Gasteiger partial charge is 0.377 e. The van der Waals surface area contributed by atoms with Crippen molar-refractivity contribution in [2.24, 2.45) is 0 Å². The highest BCUT2D eigenvalue weighted by atomic mass is 32.2. The Hall–Kier alpha value is -0.170. The number of rotatable bonds is 9. The van der Waals surface area contributed by atoms with Gasteiger partial charge in [0, 0.05) is 20.2 Å². The van der Waals surface area contributed by atoms with Crippen LogP contribution in [0.2, 0.25) is 0 Å². The number of sulfonamides is 1. The van der Waals surface area contributed by atoms with E-state index >= 15 is 0 Å². The second-order valence-corrected chi connectivity index (χ2v) is 6.99. The van der Waals surface area contributed by atoms with Gasteiger partial charge in [-0.05, 0) is 38.8 Å². The lowest BCUT2D eigenvalue weighted by Crippen LogP contribution is -2.35. The van der Waals surface area contributed by atoms with Gasteiger partial charge in [0.15, 0.2) is 0 Å². The molecule has 1 N–H and O–H groups in total. The van der Waals surface area contributed by atoms with Gasteiger partial charge in [0.2, 0.25) is 10.0 Å². The zero-order valence-electron chi connectivity index (χ0n) is 11.5. The molecular formula is C12H26N2O3S. The second kappa shape index (κ2) is 8.09. The van der Waals surface area contributed by atoms with Gasteiger partial charge in [-0.1, -0.05) is 6.92 Å². The summed E-state index contributed by atoms with van der Waals surface area (Å²) in [6.45, 7) is 5.13. The van der Waals surface area contributed by atoms with Crippen LogP contribution in [0.25, 0.3) is 0 Å². The molecule has 108 valence electrons. The van der Waals surface area contributed by atoms with Gasteiger partial charge in [0.05, 0.1) is 11.9 Å². The molecule has 1 rings (SSSR count). The Bertz CT molecular complexity index is 313. The van der Waals surface area contributed by atoms with Crippen molar-refractivity contribution in [3.63, 3.8) is 0 Å². The standard InChI is InChI=1S/C12H26N2O3S/c1-3-13-8-4-5-10-18(15,16)14(2)11-12-7-6-9-17-12/h12-13H,3-11H2,1-2H3. The normalized spacial score (nSPS) is 20.7. The molecule has 5 nitrogen and oxygen atoms in total. The highest BCUT2D eigenvalue weighted by Gasteiger charge is 2.23. The maximum atomic E-state index is 12.0. The van der Waals surface area contributed by atoms with E-state index in [1.165, 1.54) is 4.31 Å². The van der Waals surface area contributed by atoms with Crippen LogP contribution in [0.5, 0.6) is 0 Å². The summed E-state index contributed by atoms with van der Waals surface area (Å²) in [5.41, 5.74) is 0. The first-order chi connectivity index (χ1) is 8.56. The molecule has 1 unspecified atom stereocenters. The fraction of sp³-hybridized carbons (Fsp3) is 1.00. The van der Waals surface area contributed by atoms with E-state index in [-0.39, 0.29) is 11.9 Å². The van der Waals surface area contributed by atoms with E-state index in [1.807, 2.05) is 6.92 Å². The molecule has 1 atom stereocenters. The maximum absolute atomic E-state index is 12.0. The number of ether oxygens (including phenoxy) is 1. The van der Waals surface area contributed by atoms with Crippen LogP contribution in [0.1, 0.15) is 32.6 Å². The van der Waals surface area contributed by atoms with Gasteiger partial charge >= 0.3 is 0 Å². The lowest BCUT2D eigenvalue weighted by molar-refractivity contribution is 0.0979. The van der Waals surface area contributed by atoms with Crippen LogP contribution in [-0.2, 0) is 14.8 Å². The van der Waals surface area contributed by atoms with Crippen molar-refractivity contribution in [1.29, 1.82) is 0 Å². The molecule has 18 heavy (non-hydrogen) atoms. The fourth-order valence-electron chi connectivity index (χ4n) is 2.06. The summed E-state index contributed by atoms with van der Waals surface area (Å²) in [6.07, 6.45) is 3.72. The highest BCUT2D eigenvalue weighted by Crippen LogP contribution is 2.14. The Morgan fingerprint density at radius 1 is 1.39 bits per heavy atom. The molecule has 1 heterocycles. The number of nitrogens with one attached hydrogen (secondary N) is 1. The van der Waals surface area contributed by atoms with Crippen LogP contribution in [0.3, 0.4) is 0 Å². The number of unbranched alkanes of at least 4 members (excludes halogenated alkanes) is 1. The number of hydrogen-bond acceptors (Lipinski definition) is 4. The summed E-state index contributed by atoms with van der Waals surface area (Å²) >= 11 is 0. The van der Waals surface area contributed by atoms with Crippen molar-refractivity contribution in [3.05, 3.63) is 0 Å². The van der Waals surface area contributed by atoms with Gasteiger partial charge < -0.3 is 10.1 Å². The molecular weight excluding hydrogens is 252 g/mol. The third-order valence-corrected chi connectivity index (χ3v) is 5.12. The van der Waals surface area contributed by atoms with Crippen LogP contribution < -0.4 is 5.32 Å². The molecule has 0 amide bonds. The minimum atomic E-state index is -3.11. The summed E-state index contributed by atoms with van der Waals surface area (Å²) in [5.74, 6) is 0.238. The average Bonchev–Trinajstić information content (AvgIpc) is 2.81. The lowest BCUT2D eigenvalue weighted by Gasteiger charge is -2.20. The quantitative estimate of drug-likeness (QED) is 0.634. The van der Waals surface area contributed by atoms with Gasteiger partial charge in [-0.2, -0.15) is 0 Å². The van der Waals surface area contributed by atoms with Crippen molar-refractivity contribution in [3.8, 4) is 0 Å². The monoisotopic (exact) mass is 278 g/mol. The second-order valence-electron chi connectivity index (χ2n) is 4.79. The van der Waals surface area contributed by atoms with Crippen molar-refractivity contribution in [2.45, 2.75) is 38.7 Å². The predicted molar refractivity (Wildman–Crippen MR) is 73.2 cm³/mol. The molecule has 6 heteroatoms. The summed E-state index contributed by atoms with van der Waals surface area (Å²) in [6, 6.07) is 0.